The molecule has 0 radical (unpaired) electrons. The fraction of sp³-hybridized carbons (Fsp3) is 0.889. The van der Waals surface area contributed by atoms with Crippen molar-refractivity contribution in [3.8, 4) is 0 Å². The van der Waals surface area contributed by atoms with Crippen LogP contribution in [-0.2, 0) is 9.53 Å². The van der Waals surface area contributed by atoms with Crippen molar-refractivity contribution in [3.63, 3.8) is 0 Å². The molecule has 70 valence electrons. The van der Waals surface area contributed by atoms with E-state index in [0.717, 1.165) is 25.8 Å². The molecule has 1 saturated carbocycles. The third-order valence-corrected chi connectivity index (χ3v) is 2.49. The van der Waals surface area contributed by atoms with Crippen molar-refractivity contribution < 1.29 is 9.53 Å². The van der Waals surface area contributed by atoms with Crippen molar-refractivity contribution >= 4 is 5.97 Å². The molecular weight excluding hydrogens is 154 g/mol. The predicted molar refractivity (Wildman–Crippen MR) is 46.8 cm³/mol. The van der Waals surface area contributed by atoms with Gasteiger partial charge in [0.25, 0.3) is 0 Å². The van der Waals surface area contributed by atoms with Crippen LogP contribution in [0.4, 0.5) is 0 Å². The Labute approximate surface area is 73.5 Å². The quantitative estimate of drug-likeness (QED) is 0.642. The molecule has 0 heterocycles. The van der Waals surface area contributed by atoms with E-state index in [0.29, 0.717) is 6.04 Å². The lowest BCUT2D eigenvalue weighted by atomic mass is 10.0. The van der Waals surface area contributed by atoms with Gasteiger partial charge in [-0.1, -0.05) is 13.3 Å². The van der Waals surface area contributed by atoms with Crippen LogP contribution in [0.1, 0.15) is 26.2 Å². The summed E-state index contributed by atoms with van der Waals surface area (Å²) in [6.45, 7) is 2.99. The van der Waals surface area contributed by atoms with E-state index in [1.807, 2.05) is 0 Å². The normalized spacial score (nSPS) is 28.8. The van der Waals surface area contributed by atoms with Crippen LogP contribution < -0.4 is 5.32 Å². The second-order valence-electron chi connectivity index (χ2n) is 3.22. The lowest BCUT2D eigenvalue weighted by Gasteiger charge is -2.17. The highest BCUT2D eigenvalue weighted by molar-refractivity contribution is 5.73. The van der Waals surface area contributed by atoms with Gasteiger partial charge in [-0.25, -0.2) is 0 Å². The number of esters is 1. The second-order valence-corrected chi connectivity index (χ2v) is 3.22. The molecule has 1 N–H and O–H groups in total. The molecule has 2 atom stereocenters. The SMILES string of the molecule is CCNC1CCCC1C(=O)OC. The molecule has 0 bridgehead atoms. The number of rotatable bonds is 3. The molecule has 0 amide bonds. The van der Waals surface area contributed by atoms with Crippen molar-refractivity contribution in [1.29, 1.82) is 0 Å². The fourth-order valence-electron chi connectivity index (χ4n) is 1.90. The first-order valence-electron chi connectivity index (χ1n) is 4.60. The lowest BCUT2D eigenvalue weighted by molar-refractivity contribution is -0.145. The molecule has 0 spiro atoms. The first kappa shape index (κ1) is 9.52. The highest BCUT2D eigenvalue weighted by Gasteiger charge is 2.32. The van der Waals surface area contributed by atoms with Crippen molar-refractivity contribution in [2.75, 3.05) is 13.7 Å². The summed E-state index contributed by atoms with van der Waals surface area (Å²) in [5.41, 5.74) is 0. The maximum atomic E-state index is 11.2. The maximum absolute atomic E-state index is 11.2. The van der Waals surface area contributed by atoms with E-state index in [1.54, 1.807) is 0 Å². The van der Waals surface area contributed by atoms with Crippen LogP contribution in [0, 0.1) is 5.92 Å². The van der Waals surface area contributed by atoms with Crippen molar-refractivity contribution in [2.24, 2.45) is 5.92 Å². The monoisotopic (exact) mass is 171 g/mol. The van der Waals surface area contributed by atoms with Crippen LogP contribution in [0.3, 0.4) is 0 Å². The molecule has 2 unspecified atom stereocenters. The standard InChI is InChI=1S/C9H17NO2/c1-3-10-8-6-4-5-7(8)9(11)12-2/h7-8,10H,3-6H2,1-2H3. The number of ether oxygens (including phenoxy) is 1. The molecule has 0 aromatic heterocycles. The van der Waals surface area contributed by atoms with Crippen LogP contribution in [0.15, 0.2) is 0 Å². The van der Waals surface area contributed by atoms with E-state index in [2.05, 4.69) is 12.2 Å². The maximum Gasteiger partial charge on any atom is 0.310 e. The van der Waals surface area contributed by atoms with Gasteiger partial charge in [0.15, 0.2) is 0 Å². The summed E-state index contributed by atoms with van der Waals surface area (Å²) in [5.74, 6) is 0.0356. The molecule has 1 aliphatic rings. The van der Waals surface area contributed by atoms with Crippen molar-refractivity contribution in [3.05, 3.63) is 0 Å². The van der Waals surface area contributed by atoms with Crippen molar-refractivity contribution in [2.45, 2.75) is 32.2 Å². The summed E-state index contributed by atoms with van der Waals surface area (Å²) in [4.78, 5) is 11.2. The largest absolute Gasteiger partial charge is 0.469 e. The van der Waals surface area contributed by atoms with Gasteiger partial charge >= 0.3 is 5.97 Å². The summed E-state index contributed by atoms with van der Waals surface area (Å²) >= 11 is 0. The number of methoxy groups -OCH3 is 1. The molecule has 0 aromatic carbocycles. The van der Waals surface area contributed by atoms with Gasteiger partial charge in [-0.2, -0.15) is 0 Å². The predicted octanol–water partition coefficient (Wildman–Crippen LogP) is 0.938. The van der Waals surface area contributed by atoms with E-state index < -0.39 is 0 Å². The van der Waals surface area contributed by atoms with E-state index >= 15 is 0 Å². The molecule has 1 fully saturated rings. The Balaban J connectivity index is 2.45. The molecule has 0 aromatic rings. The number of hydrogen-bond donors (Lipinski definition) is 1. The number of carbonyl (C=O) groups is 1. The van der Waals surface area contributed by atoms with Crippen LogP contribution in [-0.4, -0.2) is 25.7 Å². The average molecular weight is 171 g/mol. The number of carbonyl (C=O) groups excluding carboxylic acids is 1. The Morgan fingerprint density at radius 3 is 2.92 bits per heavy atom. The highest BCUT2D eigenvalue weighted by atomic mass is 16.5. The second kappa shape index (κ2) is 4.45. The zero-order valence-corrected chi connectivity index (χ0v) is 7.80. The Bertz CT molecular complexity index is 159. The van der Waals surface area contributed by atoms with Crippen molar-refractivity contribution in [1.82, 2.24) is 5.32 Å². The number of nitrogens with one attached hydrogen (secondary N) is 1. The zero-order chi connectivity index (χ0) is 8.97. The average Bonchev–Trinajstić information content (AvgIpc) is 2.52. The smallest absolute Gasteiger partial charge is 0.310 e. The summed E-state index contributed by atoms with van der Waals surface area (Å²) in [6, 6.07) is 0.349. The molecule has 1 aliphatic carbocycles. The molecule has 3 heteroatoms. The highest BCUT2D eigenvalue weighted by Crippen LogP contribution is 2.26. The molecule has 3 nitrogen and oxygen atoms in total. The molecular formula is C9H17NO2. The van der Waals surface area contributed by atoms with E-state index in [1.165, 1.54) is 7.11 Å². The van der Waals surface area contributed by atoms with Gasteiger partial charge in [0, 0.05) is 6.04 Å². The Morgan fingerprint density at radius 2 is 2.33 bits per heavy atom. The summed E-state index contributed by atoms with van der Waals surface area (Å²) in [5, 5.41) is 3.31. The Hall–Kier alpha value is -0.570. The van der Waals surface area contributed by atoms with E-state index in [9.17, 15) is 4.79 Å². The minimum absolute atomic E-state index is 0.0570. The number of hydrogen-bond acceptors (Lipinski definition) is 3. The zero-order valence-electron chi connectivity index (χ0n) is 7.80. The van der Waals surface area contributed by atoms with Crippen LogP contribution in [0.2, 0.25) is 0 Å². The molecule has 1 rings (SSSR count). The van der Waals surface area contributed by atoms with Gasteiger partial charge in [-0.3, -0.25) is 4.79 Å². The minimum atomic E-state index is -0.0570. The van der Waals surface area contributed by atoms with Gasteiger partial charge < -0.3 is 10.1 Å². The topological polar surface area (TPSA) is 38.3 Å². The van der Waals surface area contributed by atoms with Crippen LogP contribution in [0.5, 0.6) is 0 Å². The first-order valence-corrected chi connectivity index (χ1v) is 4.60. The Kier molecular flexibility index (Phi) is 3.53. The van der Waals surface area contributed by atoms with Gasteiger partial charge in [0.05, 0.1) is 13.0 Å². The molecule has 0 saturated heterocycles. The van der Waals surface area contributed by atoms with E-state index in [4.69, 9.17) is 4.74 Å². The summed E-state index contributed by atoms with van der Waals surface area (Å²) < 4.78 is 4.73. The van der Waals surface area contributed by atoms with Gasteiger partial charge in [0.1, 0.15) is 0 Å². The van der Waals surface area contributed by atoms with Gasteiger partial charge in [-0.05, 0) is 19.4 Å². The molecule has 12 heavy (non-hydrogen) atoms. The van der Waals surface area contributed by atoms with Crippen LogP contribution >= 0.6 is 0 Å². The lowest BCUT2D eigenvalue weighted by Crippen LogP contribution is -2.36. The van der Waals surface area contributed by atoms with E-state index in [-0.39, 0.29) is 11.9 Å². The van der Waals surface area contributed by atoms with Crippen LogP contribution in [0.25, 0.3) is 0 Å². The first-order chi connectivity index (χ1) is 5.79. The fourth-order valence-corrected chi connectivity index (χ4v) is 1.90. The summed E-state index contributed by atoms with van der Waals surface area (Å²) in [6.07, 6.45) is 3.22. The Morgan fingerprint density at radius 1 is 1.58 bits per heavy atom. The van der Waals surface area contributed by atoms with Gasteiger partial charge in [0.2, 0.25) is 0 Å². The third kappa shape index (κ3) is 1.97. The summed E-state index contributed by atoms with van der Waals surface area (Å²) in [7, 11) is 1.46. The minimum Gasteiger partial charge on any atom is -0.469 e. The third-order valence-electron chi connectivity index (χ3n) is 2.49. The molecule has 0 aliphatic heterocycles. The van der Waals surface area contributed by atoms with Gasteiger partial charge in [-0.15, -0.1) is 0 Å².